The average molecular weight is 506 g/mol. The van der Waals surface area contributed by atoms with Gasteiger partial charge in [0.05, 0.1) is 16.1 Å². The first kappa shape index (κ1) is 22.6. The average Bonchev–Trinajstić information content (AvgIpc) is 2.92. The first-order valence-electron chi connectivity index (χ1n) is 11.8. The van der Waals surface area contributed by atoms with E-state index in [0.29, 0.717) is 67.5 Å². The van der Waals surface area contributed by atoms with Gasteiger partial charge >= 0.3 is 0 Å². The minimum absolute atomic E-state index is 0.160. The molecule has 0 amide bonds. The molecule has 2 aliphatic heterocycles. The second-order valence-electron chi connectivity index (χ2n) is 8.75. The van der Waals surface area contributed by atoms with Gasteiger partial charge in [-0.25, -0.2) is 12.8 Å². The summed E-state index contributed by atoms with van der Waals surface area (Å²) in [6, 6.07) is 18.5. The SMILES string of the molecule is O=S(=O)(c1ccccc1)c1cnc2cc3c(cc2c1N1CCN(c2ccc(F)cc2)CC1)OCCO3. The predicted octanol–water partition coefficient (Wildman–Crippen LogP) is 4.30. The summed E-state index contributed by atoms with van der Waals surface area (Å²) < 4.78 is 52.5. The van der Waals surface area contributed by atoms with E-state index in [1.165, 1.54) is 18.3 Å². The van der Waals surface area contributed by atoms with Gasteiger partial charge in [-0.1, -0.05) is 18.2 Å². The molecular weight excluding hydrogens is 481 g/mol. The Morgan fingerprint density at radius 3 is 2.14 bits per heavy atom. The highest BCUT2D eigenvalue weighted by Crippen LogP contribution is 2.41. The molecule has 1 saturated heterocycles. The molecule has 2 aliphatic rings. The molecule has 0 atom stereocenters. The van der Waals surface area contributed by atoms with Crippen molar-refractivity contribution in [3.05, 3.63) is 78.7 Å². The van der Waals surface area contributed by atoms with Gasteiger partial charge in [-0.15, -0.1) is 0 Å². The smallest absolute Gasteiger partial charge is 0.210 e. The summed E-state index contributed by atoms with van der Waals surface area (Å²) in [6.45, 7) is 3.37. The predicted molar refractivity (Wildman–Crippen MR) is 135 cm³/mol. The zero-order valence-electron chi connectivity index (χ0n) is 19.4. The zero-order valence-corrected chi connectivity index (χ0v) is 20.2. The van der Waals surface area contributed by atoms with Crippen LogP contribution in [0.1, 0.15) is 0 Å². The molecule has 0 saturated carbocycles. The molecule has 3 heterocycles. The molecule has 0 spiro atoms. The number of aromatic nitrogens is 1. The summed E-state index contributed by atoms with van der Waals surface area (Å²) in [5.41, 5.74) is 2.19. The highest BCUT2D eigenvalue weighted by Gasteiger charge is 2.30. The maximum absolute atomic E-state index is 13.8. The minimum Gasteiger partial charge on any atom is -0.486 e. The molecule has 1 fully saturated rings. The summed E-state index contributed by atoms with van der Waals surface area (Å²) in [5, 5.41) is 0.700. The van der Waals surface area contributed by atoms with Gasteiger partial charge in [0.2, 0.25) is 9.84 Å². The Bertz CT molecular complexity index is 1520. The normalized spacial score (nSPS) is 15.8. The lowest BCUT2D eigenvalue weighted by Crippen LogP contribution is -2.47. The third-order valence-electron chi connectivity index (χ3n) is 6.60. The summed E-state index contributed by atoms with van der Waals surface area (Å²) in [5.74, 6) is 0.911. The fraction of sp³-hybridized carbons (Fsp3) is 0.222. The van der Waals surface area contributed by atoms with Gasteiger partial charge < -0.3 is 19.3 Å². The maximum atomic E-state index is 13.8. The quantitative estimate of drug-likeness (QED) is 0.409. The fourth-order valence-electron chi connectivity index (χ4n) is 4.79. The number of halogens is 1. The molecule has 0 unspecified atom stereocenters. The first-order valence-corrected chi connectivity index (χ1v) is 13.3. The largest absolute Gasteiger partial charge is 0.486 e. The Kier molecular flexibility index (Phi) is 5.64. The summed E-state index contributed by atoms with van der Waals surface area (Å²) in [7, 11) is -3.83. The number of rotatable bonds is 4. The number of pyridine rings is 1. The zero-order chi connectivity index (χ0) is 24.7. The van der Waals surface area contributed by atoms with E-state index in [-0.39, 0.29) is 15.6 Å². The van der Waals surface area contributed by atoms with Crippen LogP contribution in [0.25, 0.3) is 10.9 Å². The van der Waals surface area contributed by atoms with Crippen molar-refractivity contribution in [2.24, 2.45) is 0 Å². The van der Waals surface area contributed by atoms with E-state index in [0.717, 1.165) is 5.69 Å². The number of benzene rings is 3. The number of ether oxygens (including phenoxy) is 2. The molecule has 0 aliphatic carbocycles. The van der Waals surface area contributed by atoms with Crippen molar-refractivity contribution < 1.29 is 22.3 Å². The summed E-state index contributed by atoms with van der Waals surface area (Å²) in [4.78, 5) is 9.16. The van der Waals surface area contributed by atoms with Crippen LogP contribution in [0.4, 0.5) is 15.8 Å². The van der Waals surface area contributed by atoms with Crippen molar-refractivity contribution >= 4 is 32.1 Å². The second kappa shape index (κ2) is 8.98. The first-order chi connectivity index (χ1) is 17.5. The number of nitrogens with zero attached hydrogens (tertiary/aromatic N) is 3. The topological polar surface area (TPSA) is 72.0 Å². The molecule has 184 valence electrons. The van der Waals surface area contributed by atoms with Crippen molar-refractivity contribution in [3.8, 4) is 11.5 Å². The second-order valence-corrected chi connectivity index (χ2v) is 10.7. The van der Waals surface area contributed by atoms with Crippen LogP contribution in [0.5, 0.6) is 11.5 Å². The number of fused-ring (bicyclic) bond motifs is 2. The van der Waals surface area contributed by atoms with Crippen LogP contribution >= 0.6 is 0 Å². The van der Waals surface area contributed by atoms with Gasteiger partial charge in [0, 0.05) is 49.5 Å². The molecule has 3 aromatic carbocycles. The van der Waals surface area contributed by atoms with Gasteiger partial charge in [-0.05, 0) is 42.5 Å². The van der Waals surface area contributed by atoms with E-state index in [4.69, 9.17) is 9.47 Å². The standard InChI is InChI=1S/C27H24FN3O4S/c28-19-6-8-20(9-7-19)30-10-12-31(13-11-30)27-22-16-24-25(35-15-14-34-24)17-23(22)29-18-26(27)36(32,33)21-4-2-1-3-5-21/h1-9,16-18H,10-15H2. The number of anilines is 2. The van der Waals surface area contributed by atoms with Crippen LogP contribution in [-0.4, -0.2) is 52.8 Å². The molecule has 9 heteroatoms. The van der Waals surface area contributed by atoms with Crippen molar-refractivity contribution in [3.63, 3.8) is 0 Å². The van der Waals surface area contributed by atoms with Crippen LogP contribution in [-0.2, 0) is 9.84 Å². The van der Waals surface area contributed by atoms with E-state index >= 15 is 0 Å². The third-order valence-corrected chi connectivity index (χ3v) is 8.37. The van der Waals surface area contributed by atoms with Gasteiger partial charge in [-0.2, -0.15) is 0 Å². The lowest BCUT2D eigenvalue weighted by atomic mass is 10.1. The fourth-order valence-corrected chi connectivity index (χ4v) is 6.24. The molecule has 4 aromatic rings. The number of piperazine rings is 1. The molecule has 0 bridgehead atoms. The Morgan fingerprint density at radius 1 is 0.806 bits per heavy atom. The van der Waals surface area contributed by atoms with E-state index in [2.05, 4.69) is 14.8 Å². The Balaban J connectivity index is 1.45. The van der Waals surface area contributed by atoms with Gasteiger partial charge in [0.1, 0.15) is 23.9 Å². The Labute approximate surface area is 208 Å². The highest BCUT2D eigenvalue weighted by atomic mass is 32.2. The van der Waals surface area contributed by atoms with E-state index < -0.39 is 9.84 Å². The van der Waals surface area contributed by atoms with E-state index in [1.54, 1.807) is 48.5 Å². The van der Waals surface area contributed by atoms with Crippen LogP contribution in [0, 0.1) is 5.82 Å². The van der Waals surface area contributed by atoms with Crippen molar-refractivity contribution in [2.75, 3.05) is 49.2 Å². The molecular formula is C27H24FN3O4S. The molecule has 0 N–H and O–H groups in total. The van der Waals surface area contributed by atoms with Crippen molar-refractivity contribution in [1.82, 2.24) is 4.98 Å². The number of sulfone groups is 1. The van der Waals surface area contributed by atoms with Gasteiger partial charge in [0.25, 0.3) is 0 Å². The molecule has 0 radical (unpaired) electrons. The number of hydrogen-bond donors (Lipinski definition) is 0. The Hall–Kier alpha value is -3.85. The molecule has 1 aromatic heterocycles. The maximum Gasteiger partial charge on any atom is 0.210 e. The van der Waals surface area contributed by atoms with E-state index in [1.807, 2.05) is 6.07 Å². The summed E-state index contributed by atoms with van der Waals surface area (Å²) >= 11 is 0. The monoisotopic (exact) mass is 505 g/mol. The van der Waals surface area contributed by atoms with Crippen LogP contribution < -0.4 is 19.3 Å². The van der Waals surface area contributed by atoms with Crippen molar-refractivity contribution in [2.45, 2.75) is 9.79 Å². The third kappa shape index (κ3) is 3.99. The Morgan fingerprint density at radius 2 is 1.44 bits per heavy atom. The molecule has 7 nitrogen and oxygen atoms in total. The lowest BCUT2D eigenvalue weighted by molar-refractivity contribution is 0.172. The lowest BCUT2D eigenvalue weighted by Gasteiger charge is -2.38. The van der Waals surface area contributed by atoms with Crippen LogP contribution in [0.2, 0.25) is 0 Å². The molecule has 6 rings (SSSR count). The van der Waals surface area contributed by atoms with Crippen molar-refractivity contribution in [1.29, 1.82) is 0 Å². The number of hydrogen-bond acceptors (Lipinski definition) is 7. The van der Waals surface area contributed by atoms with Crippen LogP contribution in [0.3, 0.4) is 0 Å². The van der Waals surface area contributed by atoms with Crippen LogP contribution in [0.15, 0.2) is 82.7 Å². The molecule has 36 heavy (non-hydrogen) atoms. The van der Waals surface area contributed by atoms with Gasteiger partial charge in [0.15, 0.2) is 11.5 Å². The summed E-state index contributed by atoms with van der Waals surface area (Å²) in [6.07, 6.45) is 1.45. The van der Waals surface area contributed by atoms with E-state index in [9.17, 15) is 12.8 Å². The minimum atomic E-state index is -3.83. The van der Waals surface area contributed by atoms with Gasteiger partial charge in [-0.3, -0.25) is 4.98 Å². The highest BCUT2D eigenvalue weighted by molar-refractivity contribution is 7.91.